The first-order valence-electron chi connectivity index (χ1n) is 10.5. The van der Waals surface area contributed by atoms with E-state index in [0.29, 0.717) is 15.6 Å². The second kappa shape index (κ2) is 10.4. The van der Waals surface area contributed by atoms with Crippen LogP contribution in [0.15, 0.2) is 69.8 Å². The van der Waals surface area contributed by atoms with Crippen LogP contribution in [0.2, 0.25) is 0 Å². The largest absolute Gasteiger partial charge is 0.506 e. The number of carbonyl (C=O) groups excluding carboxylic acids is 1. The molecule has 2 aromatic rings. The van der Waals surface area contributed by atoms with Gasteiger partial charge in [-0.2, -0.15) is 0 Å². The van der Waals surface area contributed by atoms with Gasteiger partial charge in [0.2, 0.25) is 0 Å². The van der Waals surface area contributed by atoms with Gasteiger partial charge in [0.25, 0.3) is 0 Å². The van der Waals surface area contributed by atoms with Gasteiger partial charge in [0.15, 0.2) is 0 Å². The lowest BCUT2D eigenvalue weighted by Gasteiger charge is -2.20. The van der Waals surface area contributed by atoms with Crippen molar-refractivity contribution in [1.82, 2.24) is 0 Å². The number of esters is 1. The third-order valence-corrected chi connectivity index (χ3v) is 5.97. The summed E-state index contributed by atoms with van der Waals surface area (Å²) in [5.41, 5.74) is 4.04. The third-order valence-electron chi connectivity index (χ3n) is 4.95. The molecule has 162 valence electrons. The maximum atomic E-state index is 12.5. The Balaban J connectivity index is 1.95. The summed E-state index contributed by atoms with van der Waals surface area (Å²) in [6.45, 7) is 10.1. The van der Waals surface area contributed by atoms with E-state index in [9.17, 15) is 9.90 Å². The monoisotopic (exact) mass is 436 g/mol. The Morgan fingerprint density at radius 3 is 2.29 bits per heavy atom. The van der Waals surface area contributed by atoms with E-state index in [4.69, 9.17) is 4.74 Å². The van der Waals surface area contributed by atoms with Gasteiger partial charge in [-0.25, -0.2) is 9.79 Å². The minimum atomic E-state index is -0.571. The van der Waals surface area contributed by atoms with Crippen LogP contribution < -0.4 is 4.90 Å². The van der Waals surface area contributed by atoms with Crippen LogP contribution >= 0.6 is 11.8 Å². The molecule has 1 heterocycles. The van der Waals surface area contributed by atoms with Crippen LogP contribution in [0.5, 0.6) is 0 Å². The fourth-order valence-electron chi connectivity index (χ4n) is 3.25. The van der Waals surface area contributed by atoms with Crippen molar-refractivity contribution >= 4 is 40.2 Å². The van der Waals surface area contributed by atoms with Gasteiger partial charge >= 0.3 is 5.97 Å². The molecule has 0 radical (unpaired) electrons. The third kappa shape index (κ3) is 5.39. The average Bonchev–Trinajstić information content (AvgIpc) is 3.06. The smallest absolute Gasteiger partial charge is 0.344 e. The summed E-state index contributed by atoms with van der Waals surface area (Å²) < 4.78 is 5.16. The highest BCUT2D eigenvalue weighted by atomic mass is 32.2. The number of ether oxygens (including phenoxy) is 1. The Bertz CT molecular complexity index is 1020. The number of aryl methyl sites for hydroxylation is 1. The van der Waals surface area contributed by atoms with Crippen LogP contribution in [0.3, 0.4) is 0 Å². The van der Waals surface area contributed by atoms with Gasteiger partial charge in [0, 0.05) is 18.8 Å². The molecule has 0 amide bonds. The SMILES string of the molecule is CCOC(=O)C1=C(O)/C(=C/c2ccc(N(CC)CC)cc2)SC1=Nc1ccc(C)cc1. The summed E-state index contributed by atoms with van der Waals surface area (Å²) in [4.78, 5) is 20.0. The van der Waals surface area contributed by atoms with Crippen LogP contribution in [0.25, 0.3) is 6.08 Å². The number of benzene rings is 2. The zero-order valence-corrected chi connectivity index (χ0v) is 19.2. The van der Waals surface area contributed by atoms with Gasteiger partial charge in [-0.15, -0.1) is 0 Å². The minimum Gasteiger partial charge on any atom is -0.506 e. The van der Waals surface area contributed by atoms with Crippen molar-refractivity contribution in [3.63, 3.8) is 0 Å². The van der Waals surface area contributed by atoms with E-state index in [-0.39, 0.29) is 17.9 Å². The molecule has 0 aromatic heterocycles. The molecule has 0 spiro atoms. The van der Waals surface area contributed by atoms with Crippen molar-refractivity contribution in [2.45, 2.75) is 27.7 Å². The molecule has 0 saturated carbocycles. The van der Waals surface area contributed by atoms with Crippen molar-refractivity contribution < 1.29 is 14.6 Å². The normalized spacial score (nSPS) is 16.3. The molecule has 5 nitrogen and oxygen atoms in total. The number of hydrogen-bond donors (Lipinski definition) is 1. The van der Waals surface area contributed by atoms with Crippen molar-refractivity contribution in [1.29, 1.82) is 0 Å². The van der Waals surface area contributed by atoms with Crippen LogP contribution in [-0.4, -0.2) is 35.8 Å². The molecule has 31 heavy (non-hydrogen) atoms. The molecule has 0 saturated heterocycles. The number of aliphatic imine (C=N–C) groups is 1. The lowest BCUT2D eigenvalue weighted by molar-refractivity contribution is -0.138. The predicted octanol–water partition coefficient (Wildman–Crippen LogP) is 6.03. The highest BCUT2D eigenvalue weighted by Gasteiger charge is 2.33. The summed E-state index contributed by atoms with van der Waals surface area (Å²) in [6.07, 6.45) is 1.86. The molecule has 0 aliphatic carbocycles. The lowest BCUT2D eigenvalue weighted by atomic mass is 10.1. The number of aliphatic hydroxyl groups excluding tert-OH is 1. The van der Waals surface area contributed by atoms with Crippen LogP contribution in [0.1, 0.15) is 31.9 Å². The van der Waals surface area contributed by atoms with Crippen molar-refractivity contribution in [2.75, 3.05) is 24.6 Å². The number of hydrogen-bond acceptors (Lipinski definition) is 6. The number of thioether (sulfide) groups is 1. The summed E-state index contributed by atoms with van der Waals surface area (Å²) >= 11 is 1.27. The minimum absolute atomic E-state index is 0.0952. The summed E-state index contributed by atoms with van der Waals surface area (Å²) in [7, 11) is 0. The first-order valence-corrected chi connectivity index (χ1v) is 11.3. The standard InChI is InChI=1S/C25H28N2O3S/c1-5-27(6-2)20-14-10-18(11-15-20)16-21-23(28)22(25(29)30-7-3)24(31-21)26-19-12-8-17(4)9-13-19/h8-16,28H,5-7H2,1-4H3/b21-16-,26-24?. The van der Waals surface area contributed by atoms with E-state index in [1.165, 1.54) is 11.8 Å². The molecule has 0 bridgehead atoms. The number of carbonyl (C=O) groups is 1. The second-order valence-corrected chi connectivity index (χ2v) is 8.10. The lowest BCUT2D eigenvalue weighted by Crippen LogP contribution is -2.21. The fraction of sp³-hybridized carbons (Fsp3) is 0.280. The van der Waals surface area contributed by atoms with Crippen LogP contribution in [-0.2, 0) is 9.53 Å². The van der Waals surface area contributed by atoms with E-state index >= 15 is 0 Å². The summed E-state index contributed by atoms with van der Waals surface area (Å²) in [6, 6.07) is 15.8. The Labute approximate surface area is 188 Å². The zero-order chi connectivity index (χ0) is 22.4. The van der Waals surface area contributed by atoms with E-state index in [1.54, 1.807) is 6.92 Å². The number of rotatable bonds is 7. The van der Waals surface area contributed by atoms with Crippen LogP contribution in [0.4, 0.5) is 11.4 Å². The molecule has 0 unspecified atom stereocenters. The Kier molecular flexibility index (Phi) is 7.58. The molecule has 6 heteroatoms. The van der Waals surface area contributed by atoms with E-state index in [0.717, 1.165) is 29.9 Å². The molecule has 1 aliphatic rings. The molecule has 2 aromatic carbocycles. The van der Waals surface area contributed by atoms with E-state index in [1.807, 2.05) is 49.4 Å². The van der Waals surface area contributed by atoms with Crippen molar-refractivity contribution in [2.24, 2.45) is 4.99 Å². The Morgan fingerprint density at radius 1 is 1.06 bits per heavy atom. The molecule has 0 atom stereocenters. The van der Waals surface area contributed by atoms with Gasteiger partial charge < -0.3 is 14.7 Å². The van der Waals surface area contributed by atoms with Gasteiger partial charge in [-0.1, -0.05) is 41.6 Å². The van der Waals surface area contributed by atoms with Gasteiger partial charge in [-0.05, 0) is 63.6 Å². The maximum Gasteiger partial charge on any atom is 0.344 e. The van der Waals surface area contributed by atoms with Crippen molar-refractivity contribution in [3.05, 3.63) is 75.9 Å². The van der Waals surface area contributed by atoms with E-state index < -0.39 is 5.97 Å². The molecule has 1 N–H and O–H groups in total. The Morgan fingerprint density at radius 2 is 1.71 bits per heavy atom. The summed E-state index contributed by atoms with van der Waals surface area (Å²) in [5, 5.41) is 11.3. The highest BCUT2D eigenvalue weighted by molar-refractivity contribution is 8.18. The zero-order valence-electron chi connectivity index (χ0n) is 18.4. The average molecular weight is 437 g/mol. The Hall–Kier alpha value is -2.99. The number of anilines is 1. The highest BCUT2D eigenvalue weighted by Crippen LogP contribution is 2.40. The first-order chi connectivity index (χ1) is 15.0. The second-order valence-electron chi connectivity index (χ2n) is 7.07. The van der Waals surface area contributed by atoms with Gasteiger partial charge in [-0.3, -0.25) is 0 Å². The number of aliphatic hydroxyl groups is 1. The topological polar surface area (TPSA) is 62.1 Å². The fourth-order valence-corrected chi connectivity index (χ4v) is 4.29. The van der Waals surface area contributed by atoms with E-state index in [2.05, 4.69) is 35.9 Å². The quantitative estimate of drug-likeness (QED) is 0.537. The maximum absolute atomic E-state index is 12.5. The van der Waals surface area contributed by atoms with Gasteiger partial charge in [0.1, 0.15) is 16.4 Å². The predicted molar refractivity (Wildman–Crippen MR) is 130 cm³/mol. The molecule has 3 rings (SSSR count). The molecular formula is C25H28N2O3S. The first kappa shape index (κ1) is 22.7. The van der Waals surface area contributed by atoms with Gasteiger partial charge in [0.05, 0.1) is 17.2 Å². The van der Waals surface area contributed by atoms with Crippen LogP contribution in [0, 0.1) is 6.92 Å². The summed E-state index contributed by atoms with van der Waals surface area (Å²) in [5.74, 6) is -0.666. The molecule has 1 aliphatic heterocycles. The molecule has 0 fully saturated rings. The molecular weight excluding hydrogens is 408 g/mol. The van der Waals surface area contributed by atoms with Crippen molar-refractivity contribution in [3.8, 4) is 0 Å². The number of nitrogens with zero attached hydrogens (tertiary/aromatic N) is 2.